The maximum atomic E-state index is 13.9. The number of sulfonamides is 1. The van der Waals surface area contributed by atoms with Gasteiger partial charge in [-0.3, -0.25) is 0 Å². The van der Waals surface area contributed by atoms with E-state index in [9.17, 15) is 35.5 Å². The Morgan fingerprint density at radius 1 is 0.921 bits per heavy atom. The van der Waals surface area contributed by atoms with Crippen LogP contribution in [0.25, 0.3) is 0 Å². The number of ether oxygens (including phenoxy) is 2. The van der Waals surface area contributed by atoms with E-state index in [1.165, 1.54) is 24.3 Å². The van der Waals surface area contributed by atoms with Gasteiger partial charge in [0.15, 0.2) is 11.5 Å². The zero-order chi connectivity index (χ0) is 27.2. The summed E-state index contributed by atoms with van der Waals surface area (Å²) in [5, 5.41) is 11.3. The average molecular weight is 557 g/mol. The van der Waals surface area contributed by atoms with Crippen molar-refractivity contribution in [2.24, 2.45) is 0 Å². The summed E-state index contributed by atoms with van der Waals surface area (Å²) in [6.07, 6.45) is -4.98. The van der Waals surface area contributed by atoms with E-state index in [0.717, 1.165) is 36.4 Å². The quantitative estimate of drug-likeness (QED) is 0.411. The monoisotopic (exact) mass is 556 g/mol. The number of aliphatic hydroxyl groups excluding tert-OH is 1. The highest BCUT2D eigenvalue weighted by atomic mass is 32.2. The van der Waals surface area contributed by atoms with Gasteiger partial charge in [0.2, 0.25) is 10.0 Å². The minimum atomic E-state index is -4.92. The molecule has 1 fully saturated rings. The number of alkyl halides is 3. The molecule has 3 aromatic rings. The molecule has 13 heteroatoms. The fourth-order valence-corrected chi connectivity index (χ4v) is 6.08. The molecule has 1 heterocycles. The highest BCUT2D eigenvalue weighted by Crippen LogP contribution is 2.49. The van der Waals surface area contributed by atoms with E-state index in [2.05, 4.69) is 9.46 Å². The van der Waals surface area contributed by atoms with E-state index in [1.807, 2.05) is 0 Å². The summed E-state index contributed by atoms with van der Waals surface area (Å²) in [5.74, 6) is -1.51. The number of hydrogen-bond donors (Lipinski definition) is 2. The fourth-order valence-electron chi connectivity index (χ4n) is 4.80. The number of nitrogens with one attached hydrogen (secondary N) is 1. The molecule has 0 saturated heterocycles. The second-order valence-corrected chi connectivity index (χ2v) is 10.6. The van der Waals surface area contributed by atoms with Gasteiger partial charge in [0.25, 0.3) is 0 Å². The molecule has 0 unspecified atom stereocenters. The SMILES string of the molecule is O=S(=O)(N[C@@H]1CCC[C@H](N2c3ccc(F)cc3Oc3cc(F)ccc32)[C@H]1O)c1ccc(OC(F)(F)F)cc1. The van der Waals surface area contributed by atoms with Crippen molar-refractivity contribution in [3.63, 3.8) is 0 Å². The third-order valence-electron chi connectivity index (χ3n) is 6.41. The number of hydrogen-bond acceptors (Lipinski definition) is 6. The molecule has 38 heavy (non-hydrogen) atoms. The Morgan fingerprint density at radius 2 is 1.50 bits per heavy atom. The topological polar surface area (TPSA) is 88.1 Å². The molecule has 1 aliphatic heterocycles. The second kappa shape index (κ2) is 9.71. The van der Waals surface area contributed by atoms with Crippen molar-refractivity contribution in [2.45, 2.75) is 48.7 Å². The van der Waals surface area contributed by atoms with Crippen LogP contribution in [0.3, 0.4) is 0 Å². The molecule has 2 aliphatic rings. The van der Waals surface area contributed by atoms with Crippen LogP contribution in [-0.4, -0.2) is 38.1 Å². The van der Waals surface area contributed by atoms with Crippen LogP contribution in [0.2, 0.25) is 0 Å². The zero-order valence-electron chi connectivity index (χ0n) is 19.5. The Hall–Kier alpha value is -3.42. The number of nitrogens with zero attached hydrogens (tertiary/aromatic N) is 1. The molecule has 1 saturated carbocycles. The Morgan fingerprint density at radius 3 is 2.05 bits per heavy atom. The summed E-state index contributed by atoms with van der Waals surface area (Å²) in [6.45, 7) is 0. The predicted octanol–water partition coefficient (Wildman–Crippen LogP) is 5.37. The maximum absolute atomic E-state index is 13.9. The fraction of sp³-hybridized carbons (Fsp3) is 0.280. The number of aliphatic hydroxyl groups is 1. The zero-order valence-corrected chi connectivity index (χ0v) is 20.3. The first-order valence-corrected chi connectivity index (χ1v) is 13.0. The number of rotatable bonds is 5. The van der Waals surface area contributed by atoms with Crippen molar-refractivity contribution in [1.82, 2.24) is 4.72 Å². The van der Waals surface area contributed by atoms with E-state index in [-0.39, 0.29) is 22.8 Å². The van der Waals surface area contributed by atoms with Gasteiger partial charge in [-0.15, -0.1) is 13.2 Å². The van der Waals surface area contributed by atoms with Crippen molar-refractivity contribution in [2.75, 3.05) is 4.90 Å². The standard InChI is InChI=1S/C25H21F5N2O5S/c26-14-4-10-19-22(12-14)36-23-13-15(27)5-11-20(23)32(19)21-3-1-2-18(24(21)33)31-38(34,35)17-8-6-16(7-9-17)37-25(28,29)30/h4-13,18,21,24,31,33H,1-3H2/t18-,21+,24+/m1/s1. The molecule has 1 aliphatic carbocycles. The minimum Gasteiger partial charge on any atom is -0.453 e. The van der Waals surface area contributed by atoms with Gasteiger partial charge in [-0.25, -0.2) is 21.9 Å². The van der Waals surface area contributed by atoms with Crippen LogP contribution in [0, 0.1) is 11.6 Å². The number of fused-ring (bicyclic) bond motifs is 2. The van der Waals surface area contributed by atoms with E-state index < -0.39 is 52.0 Å². The summed E-state index contributed by atoms with van der Waals surface area (Å²) < 4.78 is 103. The molecule has 0 amide bonds. The molecule has 202 valence electrons. The van der Waals surface area contributed by atoms with Crippen molar-refractivity contribution < 1.29 is 45.0 Å². The van der Waals surface area contributed by atoms with Crippen LogP contribution < -0.4 is 19.1 Å². The van der Waals surface area contributed by atoms with Crippen LogP contribution in [0.5, 0.6) is 17.2 Å². The van der Waals surface area contributed by atoms with Crippen LogP contribution in [0.15, 0.2) is 65.6 Å². The number of benzene rings is 3. The lowest BCUT2D eigenvalue weighted by Gasteiger charge is -2.44. The second-order valence-electron chi connectivity index (χ2n) is 8.93. The van der Waals surface area contributed by atoms with E-state index in [0.29, 0.717) is 24.2 Å². The van der Waals surface area contributed by atoms with Gasteiger partial charge in [-0.05, 0) is 67.8 Å². The molecular formula is C25H21F5N2O5S. The lowest BCUT2D eigenvalue weighted by molar-refractivity contribution is -0.274. The lowest BCUT2D eigenvalue weighted by atomic mass is 9.86. The lowest BCUT2D eigenvalue weighted by Crippen LogP contribution is -2.56. The maximum Gasteiger partial charge on any atom is 0.573 e. The van der Waals surface area contributed by atoms with Crippen LogP contribution in [-0.2, 0) is 10.0 Å². The molecule has 0 spiro atoms. The largest absolute Gasteiger partial charge is 0.573 e. The molecule has 0 aromatic heterocycles. The molecular weight excluding hydrogens is 535 g/mol. The minimum absolute atomic E-state index is 0.110. The summed E-state index contributed by atoms with van der Waals surface area (Å²) >= 11 is 0. The average Bonchev–Trinajstić information content (AvgIpc) is 2.83. The highest BCUT2D eigenvalue weighted by Gasteiger charge is 2.41. The highest BCUT2D eigenvalue weighted by molar-refractivity contribution is 7.89. The van der Waals surface area contributed by atoms with Crippen LogP contribution in [0.1, 0.15) is 19.3 Å². The molecule has 3 atom stereocenters. The number of anilines is 2. The Bertz CT molecular complexity index is 1400. The first kappa shape index (κ1) is 26.2. The number of halogens is 5. The van der Waals surface area contributed by atoms with Crippen molar-refractivity contribution in [3.8, 4) is 17.2 Å². The van der Waals surface area contributed by atoms with E-state index in [1.54, 1.807) is 4.90 Å². The Labute approximate surface area is 214 Å². The molecule has 2 N–H and O–H groups in total. The first-order chi connectivity index (χ1) is 17.9. The van der Waals surface area contributed by atoms with E-state index >= 15 is 0 Å². The van der Waals surface area contributed by atoms with E-state index in [4.69, 9.17) is 4.74 Å². The predicted molar refractivity (Wildman–Crippen MR) is 126 cm³/mol. The van der Waals surface area contributed by atoms with Crippen molar-refractivity contribution in [3.05, 3.63) is 72.3 Å². The smallest absolute Gasteiger partial charge is 0.453 e. The summed E-state index contributed by atoms with van der Waals surface area (Å²) in [4.78, 5) is 1.37. The van der Waals surface area contributed by atoms with Gasteiger partial charge in [-0.1, -0.05) is 0 Å². The summed E-state index contributed by atoms with van der Waals surface area (Å²) in [6, 6.07) is 9.65. The summed E-state index contributed by atoms with van der Waals surface area (Å²) in [5.41, 5.74) is 0.830. The van der Waals surface area contributed by atoms with Gasteiger partial charge in [0.05, 0.1) is 34.5 Å². The molecule has 0 bridgehead atoms. The van der Waals surface area contributed by atoms with Crippen LogP contribution in [0.4, 0.5) is 33.3 Å². The Kier molecular flexibility index (Phi) is 6.70. The third-order valence-corrected chi connectivity index (χ3v) is 7.92. The van der Waals surface area contributed by atoms with Crippen molar-refractivity contribution in [1.29, 1.82) is 0 Å². The molecule has 5 rings (SSSR count). The molecule has 3 aromatic carbocycles. The molecule has 7 nitrogen and oxygen atoms in total. The van der Waals surface area contributed by atoms with Gasteiger partial charge >= 0.3 is 6.36 Å². The summed E-state index contributed by atoms with van der Waals surface area (Å²) in [7, 11) is -4.23. The van der Waals surface area contributed by atoms with Crippen molar-refractivity contribution >= 4 is 21.4 Å². The molecule has 0 radical (unpaired) electrons. The third kappa shape index (κ3) is 5.26. The van der Waals surface area contributed by atoms with Crippen LogP contribution >= 0.6 is 0 Å². The van der Waals surface area contributed by atoms with Gasteiger partial charge in [0.1, 0.15) is 17.4 Å². The normalized spacial score (nSPS) is 21.3. The van der Waals surface area contributed by atoms with Gasteiger partial charge < -0.3 is 19.5 Å². The van der Waals surface area contributed by atoms with Gasteiger partial charge in [0, 0.05) is 12.1 Å². The van der Waals surface area contributed by atoms with Gasteiger partial charge in [-0.2, -0.15) is 0 Å². The first-order valence-electron chi connectivity index (χ1n) is 11.5. The Balaban J connectivity index is 1.42.